The van der Waals surface area contributed by atoms with E-state index in [1.807, 2.05) is 6.07 Å². The standard InChI is InChI=1S/C23H23NO6/c1-3-4-15-11-22(25)30-20-13-17(6-7-18(15)20)29-14(2)23(26)24-16-5-8-19-21(12-16)28-10-9-27-19/h5-8,11-14H,3-4,9-10H2,1-2H3,(H,24,26)/t14-/m1/s1. The lowest BCUT2D eigenvalue weighted by Gasteiger charge is -2.20. The average Bonchev–Trinajstić information content (AvgIpc) is 2.73. The first kappa shape index (κ1) is 19.8. The van der Waals surface area contributed by atoms with Crippen molar-refractivity contribution >= 4 is 22.6 Å². The van der Waals surface area contributed by atoms with Gasteiger partial charge in [-0.1, -0.05) is 13.3 Å². The van der Waals surface area contributed by atoms with Crippen LogP contribution in [-0.4, -0.2) is 25.2 Å². The van der Waals surface area contributed by atoms with Gasteiger partial charge >= 0.3 is 5.63 Å². The first-order valence-corrected chi connectivity index (χ1v) is 9.97. The molecule has 1 atom stereocenters. The number of anilines is 1. The van der Waals surface area contributed by atoms with Crippen LogP contribution in [0.15, 0.2) is 51.7 Å². The van der Waals surface area contributed by atoms with Gasteiger partial charge in [0.25, 0.3) is 5.91 Å². The van der Waals surface area contributed by atoms with Crippen LogP contribution < -0.4 is 25.2 Å². The maximum Gasteiger partial charge on any atom is 0.336 e. The van der Waals surface area contributed by atoms with Crippen LogP contribution in [0.25, 0.3) is 11.0 Å². The number of fused-ring (bicyclic) bond motifs is 2. The van der Waals surface area contributed by atoms with Crippen molar-refractivity contribution in [1.29, 1.82) is 0 Å². The number of hydrogen-bond acceptors (Lipinski definition) is 6. The summed E-state index contributed by atoms with van der Waals surface area (Å²) in [4.78, 5) is 24.4. The average molecular weight is 409 g/mol. The van der Waals surface area contributed by atoms with Gasteiger partial charge in [0.2, 0.25) is 0 Å². The molecule has 1 amide bonds. The monoisotopic (exact) mass is 409 g/mol. The number of aryl methyl sites for hydroxylation is 1. The second-order valence-corrected chi connectivity index (χ2v) is 7.11. The highest BCUT2D eigenvalue weighted by Gasteiger charge is 2.18. The summed E-state index contributed by atoms with van der Waals surface area (Å²) in [5.74, 6) is 1.39. The number of hydrogen-bond donors (Lipinski definition) is 1. The van der Waals surface area contributed by atoms with Crippen LogP contribution in [0.3, 0.4) is 0 Å². The van der Waals surface area contributed by atoms with Crippen molar-refractivity contribution < 1.29 is 23.4 Å². The minimum atomic E-state index is -0.763. The van der Waals surface area contributed by atoms with Gasteiger partial charge in [-0.25, -0.2) is 4.79 Å². The van der Waals surface area contributed by atoms with Crippen LogP contribution in [0, 0.1) is 0 Å². The molecule has 1 aromatic heterocycles. The van der Waals surface area contributed by atoms with E-state index in [9.17, 15) is 9.59 Å². The summed E-state index contributed by atoms with van der Waals surface area (Å²) in [7, 11) is 0. The Labute approximate surface area is 173 Å². The summed E-state index contributed by atoms with van der Waals surface area (Å²) in [6.07, 6.45) is 0.950. The molecule has 2 aromatic carbocycles. The Balaban J connectivity index is 1.47. The van der Waals surface area contributed by atoms with Crippen molar-refractivity contribution in [2.45, 2.75) is 32.8 Å². The molecule has 0 saturated heterocycles. The molecule has 2 heterocycles. The SMILES string of the molecule is CCCc1cc(=O)oc2cc(O[C@H](C)C(=O)Nc3ccc4c(c3)OCCO4)ccc12. The Morgan fingerprint density at radius 2 is 1.90 bits per heavy atom. The molecule has 4 rings (SSSR count). The number of nitrogens with one attached hydrogen (secondary N) is 1. The van der Waals surface area contributed by atoms with Crippen LogP contribution in [0.2, 0.25) is 0 Å². The molecule has 0 unspecified atom stereocenters. The molecule has 1 N–H and O–H groups in total. The number of carbonyl (C=O) groups excluding carboxylic acids is 1. The zero-order chi connectivity index (χ0) is 21.1. The largest absolute Gasteiger partial charge is 0.486 e. The van der Waals surface area contributed by atoms with E-state index in [4.69, 9.17) is 18.6 Å². The molecule has 156 valence electrons. The Bertz CT molecular complexity index is 1140. The number of carbonyl (C=O) groups is 1. The maximum absolute atomic E-state index is 12.6. The minimum Gasteiger partial charge on any atom is -0.486 e. The van der Waals surface area contributed by atoms with E-state index in [1.54, 1.807) is 37.3 Å². The lowest BCUT2D eigenvalue weighted by Crippen LogP contribution is -2.30. The number of amides is 1. The molecule has 3 aromatic rings. The summed E-state index contributed by atoms with van der Waals surface area (Å²) >= 11 is 0. The van der Waals surface area contributed by atoms with E-state index in [-0.39, 0.29) is 5.91 Å². The van der Waals surface area contributed by atoms with Crippen LogP contribution in [0.1, 0.15) is 25.8 Å². The molecule has 0 aliphatic carbocycles. The Hall–Kier alpha value is -3.48. The third-order valence-electron chi connectivity index (χ3n) is 4.81. The predicted octanol–water partition coefficient (Wildman–Crippen LogP) is 3.92. The molecule has 7 nitrogen and oxygen atoms in total. The Morgan fingerprint density at radius 1 is 1.10 bits per heavy atom. The lowest BCUT2D eigenvalue weighted by atomic mass is 10.1. The van der Waals surface area contributed by atoms with E-state index < -0.39 is 11.7 Å². The molecule has 30 heavy (non-hydrogen) atoms. The zero-order valence-corrected chi connectivity index (χ0v) is 16.9. The summed E-state index contributed by atoms with van der Waals surface area (Å²) in [5.41, 5.74) is 1.59. The third-order valence-corrected chi connectivity index (χ3v) is 4.81. The fraction of sp³-hybridized carbons (Fsp3) is 0.304. The molecule has 7 heteroatoms. The van der Waals surface area contributed by atoms with E-state index in [0.29, 0.717) is 41.7 Å². The van der Waals surface area contributed by atoms with Gasteiger partial charge in [0.05, 0.1) is 0 Å². The molecule has 0 saturated carbocycles. The quantitative estimate of drug-likeness (QED) is 0.621. The maximum atomic E-state index is 12.6. The van der Waals surface area contributed by atoms with Gasteiger partial charge < -0.3 is 23.9 Å². The zero-order valence-electron chi connectivity index (χ0n) is 16.9. The molecule has 0 radical (unpaired) electrons. The number of rotatable bonds is 6. The Kier molecular flexibility index (Phi) is 5.61. The summed E-state index contributed by atoms with van der Waals surface area (Å²) in [5, 5.41) is 3.68. The van der Waals surface area contributed by atoms with Gasteiger partial charge in [0.15, 0.2) is 17.6 Å². The van der Waals surface area contributed by atoms with Gasteiger partial charge in [-0.2, -0.15) is 0 Å². The fourth-order valence-corrected chi connectivity index (χ4v) is 3.38. The minimum absolute atomic E-state index is 0.312. The summed E-state index contributed by atoms with van der Waals surface area (Å²) < 4.78 is 22.1. The van der Waals surface area contributed by atoms with Crippen molar-refractivity contribution in [3.63, 3.8) is 0 Å². The highest BCUT2D eigenvalue weighted by molar-refractivity contribution is 5.94. The van der Waals surface area contributed by atoms with E-state index in [1.165, 1.54) is 6.07 Å². The van der Waals surface area contributed by atoms with Crippen LogP contribution >= 0.6 is 0 Å². The van der Waals surface area contributed by atoms with E-state index in [2.05, 4.69) is 12.2 Å². The fourth-order valence-electron chi connectivity index (χ4n) is 3.38. The van der Waals surface area contributed by atoms with Crippen LogP contribution in [0.4, 0.5) is 5.69 Å². The van der Waals surface area contributed by atoms with Gasteiger partial charge in [-0.05, 0) is 43.2 Å². The van der Waals surface area contributed by atoms with Crippen molar-refractivity contribution in [2.24, 2.45) is 0 Å². The Morgan fingerprint density at radius 3 is 2.70 bits per heavy atom. The topological polar surface area (TPSA) is 87.0 Å². The summed E-state index contributed by atoms with van der Waals surface area (Å²) in [6.45, 7) is 4.69. The molecule has 1 aliphatic rings. The number of benzene rings is 2. The van der Waals surface area contributed by atoms with Gasteiger partial charge in [-0.3, -0.25) is 4.79 Å². The van der Waals surface area contributed by atoms with Gasteiger partial charge in [0.1, 0.15) is 24.5 Å². The molecule has 0 fully saturated rings. The van der Waals surface area contributed by atoms with Crippen molar-refractivity contribution in [1.82, 2.24) is 0 Å². The first-order valence-electron chi connectivity index (χ1n) is 9.97. The highest BCUT2D eigenvalue weighted by Crippen LogP contribution is 2.32. The van der Waals surface area contributed by atoms with Crippen LogP contribution in [0.5, 0.6) is 17.2 Å². The lowest BCUT2D eigenvalue weighted by molar-refractivity contribution is -0.122. The second-order valence-electron chi connectivity index (χ2n) is 7.11. The van der Waals surface area contributed by atoms with Crippen molar-refractivity contribution in [2.75, 3.05) is 18.5 Å². The number of ether oxygens (including phenoxy) is 3. The molecule has 0 spiro atoms. The third kappa shape index (κ3) is 4.25. The highest BCUT2D eigenvalue weighted by atomic mass is 16.6. The first-order chi connectivity index (χ1) is 14.5. The van der Waals surface area contributed by atoms with Crippen LogP contribution in [-0.2, 0) is 11.2 Å². The van der Waals surface area contributed by atoms with E-state index in [0.717, 1.165) is 23.8 Å². The predicted molar refractivity (Wildman–Crippen MR) is 113 cm³/mol. The van der Waals surface area contributed by atoms with E-state index >= 15 is 0 Å². The molecular formula is C23H23NO6. The summed E-state index contributed by atoms with van der Waals surface area (Å²) in [6, 6.07) is 12.0. The molecule has 1 aliphatic heterocycles. The van der Waals surface area contributed by atoms with Crippen molar-refractivity contribution in [3.05, 3.63) is 58.4 Å². The van der Waals surface area contributed by atoms with Gasteiger partial charge in [0, 0.05) is 29.3 Å². The van der Waals surface area contributed by atoms with Crippen molar-refractivity contribution in [3.8, 4) is 17.2 Å². The molecular weight excluding hydrogens is 386 g/mol. The van der Waals surface area contributed by atoms with Gasteiger partial charge in [-0.15, -0.1) is 0 Å². The molecule has 0 bridgehead atoms. The second kappa shape index (κ2) is 8.49. The normalized spacial score (nSPS) is 13.7. The smallest absolute Gasteiger partial charge is 0.336 e.